The number of fused-ring (bicyclic) bond motifs is 5. The fraction of sp³-hybridized carbons (Fsp3) is 0.652. The number of nitrogens with zero attached hydrogens (tertiary/aromatic N) is 1. The summed E-state index contributed by atoms with van der Waals surface area (Å²) in [5.74, 6) is 2.86. The zero-order valence-electron chi connectivity index (χ0n) is 16.6. The zero-order chi connectivity index (χ0) is 19.3. The fourth-order valence-corrected chi connectivity index (χ4v) is 6.30. The highest BCUT2D eigenvalue weighted by Gasteiger charge is 2.54. The number of ether oxygens (including phenoxy) is 2. The molecule has 0 spiro atoms. The molecule has 1 amide bonds. The van der Waals surface area contributed by atoms with Crippen molar-refractivity contribution in [3.63, 3.8) is 0 Å². The number of hydrogen-bond donors (Lipinski definition) is 0. The van der Waals surface area contributed by atoms with Crippen molar-refractivity contribution in [1.29, 1.82) is 0 Å². The lowest BCUT2D eigenvalue weighted by molar-refractivity contribution is -0.129. The minimum absolute atomic E-state index is 0.0771. The van der Waals surface area contributed by atoms with E-state index in [0.29, 0.717) is 55.6 Å². The molecule has 2 saturated carbocycles. The third-order valence-corrected chi connectivity index (χ3v) is 7.88. The first kappa shape index (κ1) is 18.2. The molecule has 1 heterocycles. The molecule has 0 N–H and O–H groups in total. The quantitative estimate of drug-likeness (QED) is 0.737. The molecule has 5 nitrogen and oxygen atoms in total. The molecule has 4 unspecified atom stereocenters. The van der Waals surface area contributed by atoms with Crippen LogP contribution in [0.3, 0.4) is 0 Å². The van der Waals surface area contributed by atoms with Crippen LogP contribution in [0.1, 0.15) is 56.1 Å². The second-order valence-electron chi connectivity index (χ2n) is 9.16. The van der Waals surface area contributed by atoms with Crippen LogP contribution < -0.4 is 4.74 Å². The maximum absolute atomic E-state index is 12.5. The van der Waals surface area contributed by atoms with E-state index < -0.39 is 0 Å². The molecule has 3 aliphatic carbocycles. The monoisotopic (exact) mass is 383 g/mol. The van der Waals surface area contributed by atoms with E-state index in [-0.39, 0.29) is 11.5 Å². The van der Waals surface area contributed by atoms with Crippen molar-refractivity contribution in [2.24, 2.45) is 17.3 Å². The largest absolute Gasteiger partial charge is 0.415 e. The van der Waals surface area contributed by atoms with Gasteiger partial charge in [-0.1, -0.05) is 13.0 Å². The van der Waals surface area contributed by atoms with Gasteiger partial charge in [-0.25, -0.2) is 4.79 Å². The molecule has 1 aromatic carbocycles. The number of carbonyl (C=O) groups excluding carboxylic acids is 2. The average Bonchev–Trinajstić information content (AvgIpc) is 3.03. The number of aryl methyl sites for hydroxylation is 1. The van der Waals surface area contributed by atoms with Gasteiger partial charge in [-0.2, -0.15) is 0 Å². The Bertz CT molecular complexity index is 800. The van der Waals surface area contributed by atoms with Gasteiger partial charge in [-0.05, 0) is 73.1 Å². The van der Waals surface area contributed by atoms with Gasteiger partial charge in [0.25, 0.3) is 0 Å². The maximum Gasteiger partial charge on any atom is 0.415 e. The van der Waals surface area contributed by atoms with E-state index in [2.05, 4.69) is 19.1 Å². The van der Waals surface area contributed by atoms with E-state index >= 15 is 0 Å². The number of amides is 1. The van der Waals surface area contributed by atoms with Gasteiger partial charge < -0.3 is 14.4 Å². The number of Topliss-reactive ketones (excluding diaryl/α,β-unsaturated/α-hetero) is 1. The van der Waals surface area contributed by atoms with Crippen molar-refractivity contribution in [1.82, 2.24) is 4.90 Å². The number of ketones is 1. The lowest BCUT2D eigenvalue weighted by Gasteiger charge is -2.48. The summed E-state index contributed by atoms with van der Waals surface area (Å²) in [5.41, 5.74) is 2.66. The molecule has 0 bridgehead atoms. The molecular weight excluding hydrogens is 354 g/mol. The second-order valence-corrected chi connectivity index (χ2v) is 9.16. The highest BCUT2D eigenvalue weighted by Crippen LogP contribution is 2.59. The van der Waals surface area contributed by atoms with E-state index in [0.717, 1.165) is 38.5 Å². The van der Waals surface area contributed by atoms with Crippen LogP contribution in [0.4, 0.5) is 4.79 Å². The van der Waals surface area contributed by atoms with E-state index in [1.165, 1.54) is 11.1 Å². The summed E-state index contributed by atoms with van der Waals surface area (Å²) >= 11 is 0. The zero-order valence-corrected chi connectivity index (χ0v) is 16.6. The Kier molecular flexibility index (Phi) is 4.46. The molecule has 1 aliphatic heterocycles. The van der Waals surface area contributed by atoms with Gasteiger partial charge in [-0.15, -0.1) is 0 Å². The van der Waals surface area contributed by atoms with Gasteiger partial charge in [0.1, 0.15) is 11.5 Å². The maximum atomic E-state index is 12.5. The molecule has 4 atom stereocenters. The van der Waals surface area contributed by atoms with Crippen LogP contribution in [-0.2, 0) is 16.0 Å². The lowest BCUT2D eigenvalue weighted by Crippen LogP contribution is -2.42. The molecule has 0 radical (unpaired) electrons. The van der Waals surface area contributed by atoms with Crippen molar-refractivity contribution >= 4 is 11.9 Å². The summed E-state index contributed by atoms with van der Waals surface area (Å²) in [6.45, 7) is 4.54. The number of benzene rings is 1. The van der Waals surface area contributed by atoms with Gasteiger partial charge >= 0.3 is 6.09 Å². The topological polar surface area (TPSA) is 55.8 Å². The Morgan fingerprint density at radius 3 is 2.82 bits per heavy atom. The standard InChI is InChI=1S/C23H29NO4/c1-23-9-8-18-17-5-3-16(28-22(26)24-10-12-27-13-11-24)14-15(17)2-4-19(18)20(23)6-7-21(23)25/h3,5,14,18-20H,2,4,6-13H2,1H3. The molecular formula is C23H29NO4. The second kappa shape index (κ2) is 6.87. The van der Waals surface area contributed by atoms with Gasteiger partial charge in [0.05, 0.1) is 13.2 Å². The summed E-state index contributed by atoms with van der Waals surface area (Å²) in [5, 5.41) is 0. The summed E-state index contributed by atoms with van der Waals surface area (Å²) in [7, 11) is 0. The Hall–Kier alpha value is -1.88. The van der Waals surface area contributed by atoms with Crippen molar-refractivity contribution < 1.29 is 19.1 Å². The highest BCUT2D eigenvalue weighted by atomic mass is 16.6. The van der Waals surface area contributed by atoms with Crippen LogP contribution in [0.15, 0.2) is 18.2 Å². The molecule has 1 aromatic rings. The third kappa shape index (κ3) is 2.86. The van der Waals surface area contributed by atoms with Crippen molar-refractivity contribution in [3.8, 4) is 5.75 Å². The highest BCUT2D eigenvalue weighted by molar-refractivity contribution is 5.87. The molecule has 150 valence electrons. The average molecular weight is 383 g/mol. The molecule has 4 aliphatic rings. The fourth-order valence-electron chi connectivity index (χ4n) is 6.30. The van der Waals surface area contributed by atoms with E-state index in [9.17, 15) is 9.59 Å². The van der Waals surface area contributed by atoms with Crippen LogP contribution in [-0.4, -0.2) is 43.1 Å². The van der Waals surface area contributed by atoms with Crippen LogP contribution in [0.25, 0.3) is 0 Å². The minimum atomic E-state index is -0.283. The number of hydrogen-bond acceptors (Lipinski definition) is 4. The molecule has 0 aromatic heterocycles. The van der Waals surface area contributed by atoms with Gasteiger partial charge in [0.15, 0.2) is 0 Å². The van der Waals surface area contributed by atoms with E-state index in [4.69, 9.17) is 9.47 Å². The Morgan fingerprint density at radius 2 is 2.00 bits per heavy atom. The van der Waals surface area contributed by atoms with Crippen molar-refractivity contribution in [2.45, 2.75) is 51.4 Å². The predicted octanol–water partition coefficient (Wildman–Crippen LogP) is 3.94. The van der Waals surface area contributed by atoms with E-state index in [1.54, 1.807) is 4.90 Å². The molecule has 28 heavy (non-hydrogen) atoms. The molecule has 5 heteroatoms. The van der Waals surface area contributed by atoms with E-state index in [1.807, 2.05) is 6.07 Å². The summed E-state index contributed by atoms with van der Waals surface area (Å²) in [6.07, 6.45) is 5.84. The molecule has 1 saturated heterocycles. The predicted molar refractivity (Wildman–Crippen MR) is 104 cm³/mol. The third-order valence-electron chi connectivity index (χ3n) is 7.88. The van der Waals surface area contributed by atoms with Crippen LogP contribution in [0.5, 0.6) is 5.75 Å². The molecule has 5 rings (SSSR count). The first-order valence-electron chi connectivity index (χ1n) is 10.8. The lowest BCUT2D eigenvalue weighted by atomic mass is 9.55. The van der Waals surface area contributed by atoms with Gasteiger partial charge in [0, 0.05) is 24.9 Å². The first-order valence-corrected chi connectivity index (χ1v) is 10.8. The summed E-state index contributed by atoms with van der Waals surface area (Å²) < 4.78 is 10.9. The van der Waals surface area contributed by atoms with Gasteiger partial charge in [-0.3, -0.25) is 4.79 Å². The Labute approximate surface area is 166 Å². The van der Waals surface area contributed by atoms with Crippen LogP contribution in [0, 0.1) is 17.3 Å². The number of carbonyl (C=O) groups is 2. The van der Waals surface area contributed by atoms with Gasteiger partial charge in [0.2, 0.25) is 0 Å². The Balaban J connectivity index is 1.33. The van der Waals surface area contributed by atoms with Crippen LogP contribution >= 0.6 is 0 Å². The first-order chi connectivity index (χ1) is 13.6. The Morgan fingerprint density at radius 1 is 1.18 bits per heavy atom. The normalized spacial score (nSPS) is 34.4. The minimum Gasteiger partial charge on any atom is -0.410 e. The molecule has 3 fully saturated rings. The number of rotatable bonds is 1. The summed E-state index contributed by atoms with van der Waals surface area (Å²) in [4.78, 5) is 26.5. The smallest absolute Gasteiger partial charge is 0.410 e. The summed E-state index contributed by atoms with van der Waals surface area (Å²) in [6, 6.07) is 6.19. The van der Waals surface area contributed by atoms with Crippen molar-refractivity contribution in [2.75, 3.05) is 26.3 Å². The number of morpholine rings is 1. The van der Waals surface area contributed by atoms with Crippen LogP contribution in [0.2, 0.25) is 0 Å². The SMILES string of the molecule is CC12CCC3c4ccc(OC(=O)N5CCOCC5)cc4CCC3C1CCC2=O. The van der Waals surface area contributed by atoms with Crippen molar-refractivity contribution in [3.05, 3.63) is 29.3 Å².